The number of anilines is 1. The molecule has 1 aromatic heterocycles. The Kier molecular flexibility index (Phi) is 3.76. The second-order valence-electron chi connectivity index (χ2n) is 5.10. The van der Waals surface area contributed by atoms with Gasteiger partial charge in [-0.15, -0.1) is 0 Å². The van der Waals surface area contributed by atoms with Crippen molar-refractivity contribution >= 4 is 23.4 Å². The van der Waals surface area contributed by atoms with Crippen LogP contribution in [0, 0.1) is 11.8 Å². The Labute approximate surface area is 111 Å². The van der Waals surface area contributed by atoms with E-state index in [9.17, 15) is 9.90 Å². The maximum absolute atomic E-state index is 11.3. The van der Waals surface area contributed by atoms with Crippen molar-refractivity contribution in [2.75, 3.05) is 5.73 Å². The quantitative estimate of drug-likeness (QED) is 0.865. The van der Waals surface area contributed by atoms with Crippen LogP contribution in [0.2, 0.25) is 5.02 Å². The first-order valence-electron chi connectivity index (χ1n) is 6.12. The number of hydrogen-bond acceptors (Lipinski definition) is 3. The summed E-state index contributed by atoms with van der Waals surface area (Å²) in [4.78, 5) is 15.4. The molecule has 2 rings (SSSR count). The predicted molar refractivity (Wildman–Crippen MR) is 70.5 cm³/mol. The van der Waals surface area contributed by atoms with Crippen LogP contribution in [0.1, 0.15) is 37.7 Å². The third-order valence-corrected chi connectivity index (χ3v) is 3.95. The van der Waals surface area contributed by atoms with Gasteiger partial charge in [-0.25, -0.2) is 4.98 Å². The lowest BCUT2D eigenvalue weighted by Crippen LogP contribution is -2.29. The van der Waals surface area contributed by atoms with Crippen molar-refractivity contribution in [2.45, 2.75) is 32.1 Å². The Morgan fingerprint density at radius 2 is 2.28 bits per heavy atom. The highest BCUT2D eigenvalue weighted by atomic mass is 35.5. The topological polar surface area (TPSA) is 76.2 Å². The molecule has 4 nitrogen and oxygen atoms in total. The van der Waals surface area contributed by atoms with Crippen LogP contribution in [0.3, 0.4) is 0 Å². The summed E-state index contributed by atoms with van der Waals surface area (Å²) < 4.78 is 0. The van der Waals surface area contributed by atoms with Crippen LogP contribution < -0.4 is 5.73 Å². The highest BCUT2D eigenvalue weighted by Crippen LogP contribution is 2.42. The van der Waals surface area contributed by atoms with E-state index in [-0.39, 0.29) is 11.8 Å². The SMILES string of the molecule is CC1CCC(C(=O)O)C(c2cc(Cl)cnc2N)C1. The third-order valence-electron chi connectivity index (χ3n) is 3.75. The van der Waals surface area contributed by atoms with Gasteiger partial charge in [-0.1, -0.05) is 18.5 Å². The molecule has 98 valence electrons. The first-order chi connectivity index (χ1) is 8.49. The molecule has 0 aromatic carbocycles. The predicted octanol–water partition coefficient (Wildman–Crippen LogP) is 2.92. The van der Waals surface area contributed by atoms with E-state index in [2.05, 4.69) is 11.9 Å². The van der Waals surface area contributed by atoms with Gasteiger partial charge in [0.1, 0.15) is 5.82 Å². The molecule has 1 aliphatic rings. The minimum atomic E-state index is -0.758. The number of halogens is 1. The molecule has 1 aromatic rings. The van der Waals surface area contributed by atoms with Gasteiger partial charge in [0.15, 0.2) is 0 Å². The van der Waals surface area contributed by atoms with Crippen LogP contribution in [0.15, 0.2) is 12.3 Å². The molecule has 3 N–H and O–H groups in total. The van der Waals surface area contributed by atoms with Gasteiger partial charge in [-0.05, 0) is 36.8 Å². The molecule has 0 amide bonds. The summed E-state index contributed by atoms with van der Waals surface area (Å²) in [6, 6.07) is 1.75. The zero-order chi connectivity index (χ0) is 13.3. The first-order valence-corrected chi connectivity index (χ1v) is 6.50. The van der Waals surface area contributed by atoms with E-state index in [0.29, 0.717) is 23.2 Å². The number of rotatable bonds is 2. The van der Waals surface area contributed by atoms with Gasteiger partial charge in [0.25, 0.3) is 0 Å². The highest BCUT2D eigenvalue weighted by molar-refractivity contribution is 6.30. The van der Waals surface area contributed by atoms with Gasteiger partial charge in [0.05, 0.1) is 10.9 Å². The van der Waals surface area contributed by atoms with Crippen molar-refractivity contribution in [3.05, 3.63) is 22.8 Å². The standard InChI is InChI=1S/C13H17ClN2O2/c1-7-2-3-9(13(17)18)10(4-7)11-5-8(14)6-16-12(11)15/h5-7,9-10H,2-4H2,1H3,(H2,15,16)(H,17,18). The van der Waals surface area contributed by atoms with Crippen molar-refractivity contribution in [1.29, 1.82) is 0 Å². The van der Waals surface area contributed by atoms with Gasteiger partial charge >= 0.3 is 5.97 Å². The summed E-state index contributed by atoms with van der Waals surface area (Å²) >= 11 is 5.93. The van der Waals surface area contributed by atoms with E-state index < -0.39 is 5.97 Å². The maximum atomic E-state index is 11.3. The normalized spacial score (nSPS) is 28.0. The van der Waals surface area contributed by atoms with E-state index in [0.717, 1.165) is 18.4 Å². The number of pyridine rings is 1. The number of nitrogens with two attached hydrogens (primary N) is 1. The van der Waals surface area contributed by atoms with Crippen molar-refractivity contribution in [3.8, 4) is 0 Å². The molecular formula is C13H17ClN2O2. The number of aliphatic carboxylic acids is 1. The number of carboxylic acids is 1. The fourth-order valence-electron chi connectivity index (χ4n) is 2.78. The summed E-state index contributed by atoms with van der Waals surface area (Å²) in [5.74, 6) is -0.332. The molecule has 0 saturated heterocycles. The molecule has 5 heteroatoms. The fourth-order valence-corrected chi connectivity index (χ4v) is 2.95. The lowest BCUT2D eigenvalue weighted by atomic mass is 9.71. The van der Waals surface area contributed by atoms with E-state index in [1.165, 1.54) is 6.20 Å². The minimum Gasteiger partial charge on any atom is -0.481 e. The minimum absolute atomic E-state index is 0.0857. The molecule has 3 atom stereocenters. The smallest absolute Gasteiger partial charge is 0.307 e. The summed E-state index contributed by atoms with van der Waals surface area (Å²) in [7, 11) is 0. The van der Waals surface area contributed by atoms with E-state index in [4.69, 9.17) is 17.3 Å². The van der Waals surface area contributed by atoms with Gasteiger partial charge < -0.3 is 10.8 Å². The van der Waals surface area contributed by atoms with E-state index in [1.54, 1.807) is 6.07 Å². The van der Waals surface area contributed by atoms with E-state index in [1.807, 2.05) is 0 Å². The number of nitrogens with zero attached hydrogens (tertiary/aromatic N) is 1. The van der Waals surface area contributed by atoms with Crippen LogP contribution in [-0.2, 0) is 4.79 Å². The molecule has 3 unspecified atom stereocenters. The fraction of sp³-hybridized carbons (Fsp3) is 0.538. The molecule has 0 bridgehead atoms. The van der Waals surface area contributed by atoms with Gasteiger partial charge in [-0.3, -0.25) is 4.79 Å². The highest BCUT2D eigenvalue weighted by Gasteiger charge is 2.35. The largest absolute Gasteiger partial charge is 0.481 e. The second kappa shape index (κ2) is 5.14. The Bertz CT molecular complexity index is 464. The van der Waals surface area contributed by atoms with Gasteiger partial charge in [0, 0.05) is 12.1 Å². The molecule has 1 heterocycles. The Morgan fingerprint density at radius 3 is 2.94 bits per heavy atom. The van der Waals surface area contributed by atoms with Crippen molar-refractivity contribution in [2.24, 2.45) is 11.8 Å². The second-order valence-corrected chi connectivity index (χ2v) is 5.53. The molecule has 0 radical (unpaired) electrons. The molecule has 18 heavy (non-hydrogen) atoms. The molecular weight excluding hydrogens is 252 g/mol. The number of hydrogen-bond donors (Lipinski definition) is 2. The van der Waals surface area contributed by atoms with Crippen LogP contribution in [0.4, 0.5) is 5.82 Å². The average molecular weight is 269 g/mol. The number of carbonyl (C=O) groups is 1. The average Bonchev–Trinajstić information content (AvgIpc) is 2.31. The zero-order valence-electron chi connectivity index (χ0n) is 10.3. The summed E-state index contributed by atoms with van der Waals surface area (Å²) in [6.45, 7) is 2.14. The van der Waals surface area contributed by atoms with Crippen LogP contribution in [0.25, 0.3) is 0 Å². The molecule has 0 aliphatic heterocycles. The Balaban J connectivity index is 2.37. The molecule has 1 saturated carbocycles. The molecule has 0 spiro atoms. The number of aromatic nitrogens is 1. The monoisotopic (exact) mass is 268 g/mol. The molecule has 1 fully saturated rings. The summed E-state index contributed by atoms with van der Waals surface area (Å²) in [5, 5.41) is 9.82. The first kappa shape index (κ1) is 13.1. The lowest BCUT2D eigenvalue weighted by Gasteiger charge is -2.33. The number of nitrogen functional groups attached to an aromatic ring is 1. The lowest BCUT2D eigenvalue weighted by molar-refractivity contribution is -0.143. The van der Waals surface area contributed by atoms with Gasteiger partial charge in [-0.2, -0.15) is 0 Å². The molecule has 1 aliphatic carbocycles. The Morgan fingerprint density at radius 1 is 1.56 bits per heavy atom. The van der Waals surface area contributed by atoms with Crippen molar-refractivity contribution in [1.82, 2.24) is 4.98 Å². The van der Waals surface area contributed by atoms with Gasteiger partial charge in [0.2, 0.25) is 0 Å². The van der Waals surface area contributed by atoms with Crippen molar-refractivity contribution < 1.29 is 9.90 Å². The van der Waals surface area contributed by atoms with Crippen LogP contribution >= 0.6 is 11.6 Å². The zero-order valence-corrected chi connectivity index (χ0v) is 11.0. The third kappa shape index (κ3) is 2.58. The van der Waals surface area contributed by atoms with E-state index >= 15 is 0 Å². The summed E-state index contributed by atoms with van der Waals surface area (Å²) in [6.07, 6.45) is 3.94. The van der Waals surface area contributed by atoms with Crippen LogP contribution in [0.5, 0.6) is 0 Å². The van der Waals surface area contributed by atoms with Crippen LogP contribution in [-0.4, -0.2) is 16.1 Å². The Hall–Kier alpha value is -1.29. The summed E-state index contributed by atoms with van der Waals surface area (Å²) in [5.41, 5.74) is 6.64. The maximum Gasteiger partial charge on any atom is 0.307 e. The van der Waals surface area contributed by atoms with Crippen molar-refractivity contribution in [3.63, 3.8) is 0 Å². The number of carboxylic acid groups (broad SMARTS) is 1.